The van der Waals surface area contributed by atoms with Crippen LogP contribution in [0.5, 0.6) is 23.0 Å². The van der Waals surface area contributed by atoms with E-state index in [-0.39, 0.29) is 0 Å². The first-order valence-corrected chi connectivity index (χ1v) is 36.2. The monoisotopic (exact) mass is 1350 g/mol. The van der Waals surface area contributed by atoms with Crippen molar-refractivity contribution in [3.8, 4) is 158 Å². The molecule has 15 aromatic carbocycles. The van der Waals surface area contributed by atoms with E-state index in [4.69, 9.17) is 29.4 Å². The Labute approximate surface area is 614 Å². The maximum Gasteiger partial charge on any atom is 0.160 e. The van der Waals surface area contributed by atoms with Crippen molar-refractivity contribution >= 4 is 0 Å². The zero-order valence-corrected chi connectivity index (χ0v) is 57.4. The molecule has 0 fully saturated rings. The Hall–Kier alpha value is -13.9. The number of benzene rings is 15. The summed E-state index contributed by atoms with van der Waals surface area (Å²) < 4.78 is 14.4. The van der Waals surface area contributed by atoms with Crippen molar-refractivity contribution in [2.75, 3.05) is 0 Å². The number of para-hydroxylation sites is 4. The Kier molecular flexibility index (Phi) is 14.0. The fourth-order valence-corrected chi connectivity index (χ4v) is 17.5. The van der Waals surface area contributed by atoms with Crippen molar-refractivity contribution in [2.45, 2.75) is 10.8 Å². The summed E-state index contributed by atoms with van der Waals surface area (Å²) in [5, 5.41) is 0. The minimum Gasteiger partial charge on any atom is -0.456 e. The molecule has 2 aromatic heterocycles. The molecule has 2 aliphatic heterocycles. The fourth-order valence-electron chi connectivity index (χ4n) is 17.5. The molecule has 0 N–H and O–H groups in total. The molecular formula is C100H62N4O2. The summed E-state index contributed by atoms with van der Waals surface area (Å²) in [7, 11) is 0. The second-order valence-corrected chi connectivity index (χ2v) is 27.7. The Morgan fingerprint density at radius 1 is 0.179 bits per heavy atom. The van der Waals surface area contributed by atoms with Gasteiger partial charge in [-0.25, -0.2) is 19.9 Å². The molecule has 17 aromatic rings. The zero-order chi connectivity index (χ0) is 69.9. The van der Waals surface area contributed by atoms with E-state index in [1.54, 1.807) is 0 Å². The van der Waals surface area contributed by atoms with Crippen LogP contribution in [0.15, 0.2) is 376 Å². The number of aromatic nitrogens is 4. The fraction of sp³-hybridized carbons (Fsp3) is 0.0200. The van der Waals surface area contributed by atoms with Crippen molar-refractivity contribution in [1.82, 2.24) is 19.9 Å². The highest BCUT2D eigenvalue weighted by molar-refractivity contribution is 5.99. The Bertz CT molecular complexity index is 6350. The van der Waals surface area contributed by atoms with Gasteiger partial charge in [-0.3, -0.25) is 0 Å². The highest BCUT2D eigenvalue weighted by Gasteiger charge is 2.53. The molecule has 0 amide bonds. The predicted molar refractivity (Wildman–Crippen MR) is 427 cm³/mol. The predicted octanol–water partition coefficient (Wildman–Crippen LogP) is 24.9. The zero-order valence-electron chi connectivity index (χ0n) is 57.4. The largest absolute Gasteiger partial charge is 0.456 e. The molecule has 2 spiro atoms. The smallest absolute Gasteiger partial charge is 0.160 e. The van der Waals surface area contributed by atoms with Crippen LogP contribution in [-0.4, -0.2) is 19.9 Å². The SMILES string of the molecule is c1ccc(-c2nc(-c3ccc(-c4cccc5c4Oc4ccccc4C54c5ccccc5-c5ccccc54)cc3)cc(-c3cccc(-c4cccc5c4-c4ccccc4C54c5ccccc5Oc5c(-c6ccc(-c7cc(-c8ccccc8-c8ccccc8)nc(-c8ccccc8)n7)cc6)cccc54)c3)n2)cc1. The molecule has 0 radical (unpaired) electrons. The normalized spacial score (nSPS) is 14.1. The van der Waals surface area contributed by atoms with E-state index < -0.39 is 10.8 Å². The van der Waals surface area contributed by atoms with Gasteiger partial charge in [0.25, 0.3) is 0 Å². The summed E-state index contributed by atoms with van der Waals surface area (Å²) >= 11 is 0. The second-order valence-electron chi connectivity index (χ2n) is 27.7. The first-order valence-electron chi connectivity index (χ1n) is 36.2. The summed E-state index contributed by atoms with van der Waals surface area (Å²) in [6.07, 6.45) is 0. The van der Waals surface area contributed by atoms with Crippen molar-refractivity contribution in [1.29, 1.82) is 0 Å². The summed E-state index contributed by atoms with van der Waals surface area (Å²) in [6, 6.07) is 134. The van der Waals surface area contributed by atoms with Crippen molar-refractivity contribution in [2.24, 2.45) is 0 Å². The van der Waals surface area contributed by atoms with E-state index in [1.165, 1.54) is 44.5 Å². The van der Waals surface area contributed by atoms with Gasteiger partial charge in [-0.1, -0.05) is 346 Å². The van der Waals surface area contributed by atoms with E-state index in [0.717, 1.165) is 146 Å². The third-order valence-electron chi connectivity index (χ3n) is 22.1. The average molecular weight is 1350 g/mol. The molecule has 4 aliphatic rings. The van der Waals surface area contributed by atoms with Gasteiger partial charge < -0.3 is 9.47 Å². The third kappa shape index (κ3) is 9.37. The molecule has 0 saturated heterocycles. The minimum absolute atomic E-state index is 0.561. The van der Waals surface area contributed by atoms with Crippen LogP contribution in [0.3, 0.4) is 0 Å². The van der Waals surface area contributed by atoms with Crippen LogP contribution in [-0.2, 0) is 10.8 Å². The molecule has 0 bridgehead atoms. The molecule has 0 saturated carbocycles. The van der Waals surface area contributed by atoms with Crippen molar-refractivity contribution < 1.29 is 9.47 Å². The van der Waals surface area contributed by atoms with Gasteiger partial charge in [-0.05, 0) is 108 Å². The highest BCUT2D eigenvalue weighted by Crippen LogP contribution is 2.66. The van der Waals surface area contributed by atoms with E-state index in [0.29, 0.717) is 11.6 Å². The van der Waals surface area contributed by atoms with Crippen LogP contribution in [0, 0.1) is 0 Å². The van der Waals surface area contributed by atoms with Gasteiger partial charge in [0.05, 0.1) is 33.6 Å². The lowest BCUT2D eigenvalue weighted by atomic mass is 9.65. The molecule has 494 valence electrons. The van der Waals surface area contributed by atoms with Gasteiger partial charge in [0, 0.05) is 66.8 Å². The number of rotatable bonds is 10. The van der Waals surface area contributed by atoms with Gasteiger partial charge in [-0.2, -0.15) is 0 Å². The number of ether oxygens (including phenoxy) is 2. The molecule has 6 nitrogen and oxygen atoms in total. The van der Waals surface area contributed by atoms with Crippen LogP contribution in [0.4, 0.5) is 0 Å². The summed E-state index contributed by atoms with van der Waals surface area (Å²) in [5.41, 5.74) is 30.7. The number of fused-ring (bicyclic) bond motifs is 18. The molecule has 6 heteroatoms. The quantitative estimate of drug-likeness (QED) is 0.136. The Morgan fingerprint density at radius 3 is 1.03 bits per heavy atom. The summed E-state index contributed by atoms with van der Waals surface area (Å²) in [5.74, 6) is 4.70. The lowest BCUT2D eigenvalue weighted by Gasteiger charge is -2.40. The molecule has 2 aliphatic carbocycles. The van der Waals surface area contributed by atoms with Crippen LogP contribution in [0.1, 0.15) is 44.5 Å². The highest BCUT2D eigenvalue weighted by atomic mass is 16.5. The molecular weight excluding hydrogens is 1290 g/mol. The molecule has 4 heterocycles. The van der Waals surface area contributed by atoms with Gasteiger partial charge in [0.1, 0.15) is 23.0 Å². The van der Waals surface area contributed by atoms with E-state index >= 15 is 0 Å². The number of hydrogen-bond acceptors (Lipinski definition) is 6. The third-order valence-corrected chi connectivity index (χ3v) is 22.1. The standard InChI is InChI=1S/C100H62N4O2/c1-4-26-63(27-5-1)72-34-10-11-37-78(72)91-62-89(102-98(104-91)69-30-8-3-9-31-69)67-58-54-65(55-59-67)75-41-25-49-87-96(75)106-93-51-21-19-46-84(93)100(87)82-44-17-14-38-79(82)94-73(39-23-47-85(94)100)70-32-22-33-71(60-70)90-61-88(101-97(103-90)68-28-6-2-7-29-68)66-56-52-64(53-57-66)74-40-24-48-86-95(74)105-92-50-20-18-45-83(92)99(86)80-42-15-12-35-76(80)77-36-13-16-43-81(77)99/h1-62H. The molecule has 21 rings (SSSR count). The lowest BCUT2D eigenvalue weighted by Crippen LogP contribution is -2.32. The number of hydrogen-bond donors (Lipinski definition) is 0. The molecule has 106 heavy (non-hydrogen) atoms. The molecule has 1 atom stereocenters. The van der Waals surface area contributed by atoms with Gasteiger partial charge >= 0.3 is 0 Å². The summed E-state index contributed by atoms with van der Waals surface area (Å²) in [4.78, 5) is 21.3. The van der Waals surface area contributed by atoms with E-state index in [9.17, 15) is 0 Å². The van der Waals surface area contributed by atoms with Gasteiger partial charge in [-0.15, -0.1) is 0 Å². The second kappa shape index (κ2) is 24.4. The van der Waals surface area contributed by atoms with Crippen LogP contribution < -0.4 is 9.47 Å². The maximum absolute atomic E-state index is 7.29. The van der Waals surface area contributed by atoms with E-state index in [2.05, 4.69) is 340 Å². The van der Waals surface area contributed by atoms with Gasteiger partial charge in [0.15, 0.2) is 11.6 Å². The molecule has 1 unspecified atom stereocenters. The number of nitrogens with zero attached hydrogens (tertiary/aromatic N) is 4. The summed E-state index contributed by atoms with van der Waals surface area (Å²) in [6.45, 7) is 0. The van der Waals surface area contributed by atoms with Crippen molar-refractivity contribution in [3.05, 3.63) is 421 Å². The van der Waals surface area contributed by atoms with Crippen LogP contribution in [0.25, 0.3) is 135 Å². The minimum atomic E-state index is -0.739. The Balaban J connectivity index is 0.652. The van der Waals surface area contributed by atoms with E-state index in [1.807, 2.05) is 36.4 Å². The van der Waals surface area contributed by atoms with Crippen LogP contribution in [0.2, 0.25) is 0 Å². The topological polar surface area (TPSA) is 70.0 Å². The van der Waals surface area contributed by atoms with Gasteiger partial charge in [0.2, 0.25) is 0 Å². The average Bonchev–Trinajstić information content (AvgIpc) is 1.49. The van der Waals surface area contributed by atoms with Crippen LogP contribution >= 0.6 is 0 Å². The first kappa shape index (κ1) is 60.8. The lowest BCUT2D eigenvalue weighted by molar-refractivity contribution is 0.438. The first-order chi connectivity index (χ1) is 52.5. The Morgan fingerprint density at radius 2 is 0.500 bits per heavy atom. The van der Waals surface area contributed by atoms with Crippen molar-refractivity contribution in [3.63, 3.8) is 0 Å². The maximum atomic E-state index is 7.29.